The maximum atomic E-state index is 13.8. The van der Waals surface area contributed by atoms with Crippen LogP contribution in [0.15, 0.2) is 42.6 Å². The third-order valence-corrected chi connectivity index (χ3v) is 5.03. The van der Waals surface area contributed by atoms with E-state index >= 15 is 0 Å². The van der Waals surface area contributed by atoms with E-state index in [4.69, 9.17) is 11.6 Å². The van der Waals surface area contributed by atoms with Crippen molar-refractivity contribution in [2.45, 2.75) is 26.9 Å². The highest BCUT2D eigenvalue weighted by Crippen LogP contribution is 2.35. The summed E-state index contributed by atoms with van der Waals surface area (Å²) < 4.78 is 42.2. The van der Waals surface area contributed by atoms with Crippen LogP contribution in [-0.4, -0.2) is 19.6 Å². The topological polar surface area (TPSA) is 43.1 Å². The number of hydrogen-bond donors (Lipinski definition) is 0. The molecule has 3 aromatic heterocycles. The van der Waals surface area contributed by atoms with E-state index < -0.39 is 11.9 Å². The van der Waals surface area contributed by atoms with Crippen LogP contribution in [0.1, 0.15) is 22.6 Å². The van der Waals surface area contributed by atoms with E-state index in [1.807, 2.05) is 13.8 Å². The van der Waals surface area contributed by atoms with Crippen molar-refractivity contribution >= 4 is 17.2 Å². The Morgan fingerprint density at radius 3 is 2.21 bits per heavy atom. The SMILES string of the molecule is Cc1cc(-c2cnn3c(C(F)(F)F)cc(-c4ccc(Cl)c(C)c4)nc23)cc(C)n1. The van der Waals surface area contributed by atoms with Crippen LogP contribution in [0.5, 0.6) is 0 Å². The summed E-state index contributed by atoms with van der Waals surface area (Å²) in [5.74, 6) is 0. The second-order valence-electron chi connectivity index (χ2n) is 6.92. The van der Waals surface area contributed by atoms with Crippen LogP contribution < -0.4 is 0 Å². The normalized spacial score (nSPS) is 12.0. The molecule has 0 aliphatic heterocycles. The van der Waals surface area contributed by atoms with Crippen LogP contribution in [0.25, 0.3) is 28.0 Å². The maximum Gasteiger partial charge on any atom is 0.433 e. The van der Waals surface area contributed by atoms with Crippen molar-refractivity contribution in [3.05, 3.63) is 70.3 Å². The van der Waals surface area contributed by atoms with Gasteiger partial charge in [0.05, 0.1) is 11.9 Å². The number of benzene rings is 1. The van der Waals surface area contributed by atoms with E-state index in [0.29, 0.717) is 16.1 Å². The molecule has 4 nitrogen and oxygen atoms in total. The van der Waals surface area contributed by atoms with Gasteiger partial charge in [0, 0.05) is 27.5 Å². The Kier molecular flexibility index (Phi) is 4.58. The molecule has 0 aliphatic carbocycles. The van der Waals surface area contributed by atoms with Crippen molar-refractivity contribution in [1.82, 2.24) is 19.6 Å². The summed E-state index contributed by atoms with van der Waals surface area (Å²) in [5.41, 5.74) is 3.51. The lowest BCUT2D eigenvalue weighted by molar-refractivity contribution is -0.142. The molecule has 0 saturated heterocycles. The highest BCUT2D eigenvalue weighted by atomic mass is 35.5. The Labute approximate surface area is 170 Å². The molecule has 4 rings (SSSR count). The summed E-state index contributed by atoms with van der Waals surface area (Å²) in [6, 6.07) is 9.65. The minimum absolute atomic E-state index is 0.132. The van der Waals surface area contributed by atoms with Crippen molar-refractivity contribution in [1.29, 1.82) is 0 Å². The molecule has 3 heterocycles. The molecule has 0 unspecified atom stereocenters. The van der Waals surface area contributed by atoms with Gasteiger partial charge in [-0.15, -0.1) is 0 Å². The van der Waals surface area contributed by atoms with Crippen LogP contribution in [0.2, 0.25) is 5.02 Å². The summed E-state index contributed by atoms with van der Waals surface area (Å²) in [4.78, 5) is 8.85. The van der Waals surface area contributed by atoms with Gasteiger partial charge in [0.1, 0.15) is 0 Å². The van der Waals surface area contributed by atoms with Crippen LogP contribution in [0.3, 0.4) is 0 Å². The van der Waals surface area contributed by atoms with Crippen LogP contribution in [-0.2, 0) is 6.18 Å². The van der Waals surface area contributed by atoms with Gasteiger partial charge in [-0.25, -0.2) is 9.50 Å². The lowest BCUT2D eigenvalue weighted by Gasteiger charge is -2.12. The fourth-order valence-corrected chi connectivity index (χ4v) is 3.43. The predicted octanol–water partition coefficient (Wildman–Crippen LogP) is 6.06. The van der Waals surface area contributed by atoms with Gasteiger partial charge in [-0.1, -0.05) is 17.7 Å². The van der Waals surface area contributed by atoms with Gasteiger partial charge in [0.2, 0.25) is 0 Å². The van der Waals surface area contributed by atoms with Crippen molar-refractivity contribution in [2.24, 2.45) is 0 Å². The smallest absolute Gasteiger partial charge is 0.258 e. The number of alkyl halides is 3. The van der Waals surface area contributed by atoms with E-state index in [-0.39, 0.29) is 11.3 Å². The molecule has 0 aliphatic rings. The van der Waals surface area contributed by atoms with Crippen molar-refractivity contribution in [3.8, 4) is 22.4 Å². The maximum absolute atomic E-state index is 13.8. The molecule has 4 aromatic rings. The molecule has 0 bridgehead atoms. The summed E-state index contributed by atoms with van der Waals surface area (Å²) in [6.07, 6.45) is -3.19. The third kappa shape index (κ3) is 3.58. The number of fused-ring (bicyclic) bond motifs is 1. The molecule has 0 spiro atoms. The van der Waals surface area contributed by atoms with E-state index in [0.717, 1.165) is 33.1 Å². The number of pyridine rings is 1. The molecule has 0 N–H and O–H groups in total. The Morgan fingerprint density at radius 2 is 1.59 bits per heavy atom. The fraction of sp³-hybridized carbons (Fsp3) is 0.190. The van der Waals surface area contributed by atoms with Crippen molar-refractivity contribution in [3.63, 3.8) is 0 Å². The number of rotatable bonds is 2. The second-order valence-corrected chi connectivity index (χ2v) is 7.33. The van der Waals surface area contributed by atoms with E-state index in [1.54, 1.807) is 37.3 Å². The van der Waals surface area contributed by atoms with E-state index in [2.05, 4.69) is 15.1 Å². The summed E-state index contributed by atoms with van der Waals surface area (Å²) in [5, 5.41) is 4.52. The van der Waals surface area contributed by atoms with Crippen LogP contribution >= 0.6 is 11.6 Å². The predicted molar refractivity (Wildman–Crippen MR) is 106 cm³/mol. The number of halogens is 4. The first-order valence-corrected chi connectivity index (χ1v) is 9.19. The highest BCUT2D eigenvalue weighted by molar-refractivity contribution is 6.31. The Hall–Kier alpha value is -2.93. The Morgan fingerprint density at radius 1 is 0.897 bits per heavy atom. The quantitative estimate of drug-likeness (QED) is 0.399. The van der Waals surface area contributed by atoms with Crippen molar-refractivity contribution < 1.29 is 13.2 Å². The fourth-order valence-electron chi connectivity index (χ4n) is 3.31. The van der Waals surface area contributed by atoms with Gasteiger partial charge in [-0.2, -0.15) is 18.3 Å². The average Bonchev–Trinajstić information content (AvgIpc) is 3.05. The number of hydrogen-bond acceptors (Lipinski definition) is 3. The van der Waals surface area contributed by atoms with Gasteiger partial charge in [-0.05, 0) is 62.2 Å². The number of nitrogens with zero attached hydrogens (tertiary/aromatic N) is 4. The monoisotopic (exact) mass is 416 g/mol. The van der Waals surface area contributed by atoms with Gasteiger partial charge >= 0.3 is 6.18 Å². The lowest BCUT2D eigenvalue weighted by Crippen LogP contribution is -2.13. The third-order valence-electron chi connectivity index (χ3n) is 4.61. The largest absolute Gasteiger partial charge is 0.433 e. The van der Waals surface area contributed by atoms with Gasteiger partial charge in [-0.3, -0.25) is 4.98 Å². The minimum Gasteiger partial charge on any atom is -0.258 e. The molecular weight excluding hydrogens is 401 g/mol. The molecule has 0 radical (unpaired) electrons. The molecule has 0 amide bonds. The van der Waals surface area contributed by atoms with Crippen molar-refractivity contribution in [2.75, 3.05) is 0 Å². The zero-order valence-corrected chi connectivity index (χ0v) is 16.6. The molecule has 1 aromatic carbocycles. The zero-order chi connectivity index (χ0) is 20.9. The van der Waals surface area contributed by atoms with E-state index in [1.165, 1.54) is 6.20 Å². The minimum atomic E-state index is -4.59. The Bertz CT molecular complexity index is 1220. The number of aromatic nitrogens is 4. The second kappa shape index (κ2) is 6.84. The van der Waals surface area contributed by atoms with E-state index in [9.17, 15) is 13.2 Å². The van der Waals surface area contributed by atoms with Gasteiger partial charge < -0.3 is 0 Å². The number of aryl methyl sites for hydroxylation is 3. The first-order chi connectivity index (χ1) is 13.6. The van der Waals surface area contributed by atoms with Crippen LogP contribution in [0, 0.1) is 20.8 Å². The van der Waals surface area contributed by atoms with Crippen LogP contribution in [0.4, 0.5) is 13.2 Å². The van der Waals surface area contributed by atoms with Gasteiger partial charge in [0.25, 0.3) is 0 Å². The zero-order valence-electron chi connectivity index (χ0n) is 15.8. The molecule has 0 fully saturated rings. The molecule has 148 valence electrons. The molecule has 29 heavy (non-hydrogen) atoms. The summed E-state index contributed by atoms with van der Waals surface area (Å²) in [7, 11) is 0. The molecule has 0 saturated carbocycles. The molecular formula is C21H16ClF3N4. The molecule has 0 atom stereocenters. The lowest BCUT2D eigenvalue weighted by atomic mass is 10.1. The highest BCUT2D eigenvalue weighted by Gasteiger charge is 2.35. The Balaban J connectivity index is 2.02. The first kappa shape index (κ1) is 19.4. The summed E-state index contributed by atoms with van der Waals surface area (Å²) in [6.45, 7) is 5.46. The average molecular weight is 417 g/mol. The van der Waals surface area contributed by atoms with Gasteiger partial charge in [0.15, 0.2) is 11.3 Å². The molecule has 8 heteroatoms. The first-order valence-electron chi connectivity index (χ1n) is 8.81. The summed E-state index contributed by atoms with van der Waals surface area (Å²) >= 11 is 6.06. The standard InChI is InChI=1S/C21H16ClF3N4/c1-11-6-14(4-5-17(11)22)18-9-19(21(23,24)25)29-20(28-18)16(10-26-29)15-7-12(2)27-13(3)8-15/h4-10H,1-3H3.